The molecule has 2 aromatic rings. The van der Waals surface area contributed by atoms with Gasteiger partial charge in [-0.25, -0.2) is 4.98 Å². The van der Waals surface area contributed by atoms with Gasteiger partial charge in [-0.05, 0) is 18.2 Å². The lowest BCUT2D eigenvalue weighted by Crippen LogP contribution is -2.40. The molecule has 0 unspecified atom stereocenters. The Hall–Kier alpha value is -1.98. The molecule has 2 heterocycles. The van der Waals surface area contributed by atoms with Gasteiger partial charge in [0.15, 0.2) is 5.96 Å². The molecule has 0 saturated carbocycles. The molecule has 26 heavy (non-hydrogen) atoms. The average Bonchev–Trinajstić information content (AvgIpc) is 3.10. The molecule has 0 radical (unpaired) electrons. The maximum atomic E-state index is 12.4. The van der Waals surface area contributed by atoms with Crippen LogP contribution in [0.25, 0.3) is 0 Å². The first-order chi connectivity index (χ1) is 12.0. The molecule has 0 spiro atoms. The molecule has 2 aromatic heterocycles. The van der Waals surface area contributed by atoms with E-state index >= 15 is 0 Å². The summed E-state index contributed by atoms with van der Waals surface area (Å²) in [4.78, 5) is 7.69. The van der Waals surface area contributed by atoms with Gasteiger partial charge in [0.2, 0.25) is 5.88 Å². The second kappa shape index (κ2) is 10.9. The standard InChI is InChI=1S/C16H19F3N4O2.HI/c1-20-15(21-7-6-13-3-2-9-24-13)22-8-10-25-14-5-4-12(11-23-14)16(17,18)19;/h2-5,9,11H,6-8,10H2,1H3,(H2,20,21,22);1H. The average molecular weight is 484 g/mol. The number of hydrogen-bond acceptors (Lipinski definition) is 4. The number of pyridine rings is 1. The quantitative estimate of drug-likeness (QED) is 0.274. The maximum absolute atomic E-state index is 12.4. The number of nitrogens with zero attached hydrogens (tertiary/aromatic N) is 2. The molecule has 0 aromatic carbocycles. The molecular weight excluding hydrogens is 464 g/mol. The Morgan fingerprint density at radius 2 is 2.00 bits per heavy atom. The van der Waals surface area contributed by atoms with Gasteiger partial charge >= 0.3 is 6.18 Å². The first kappa shape index (κ1) is 22.1. The Morgan fingerprint density at radius 3 is 2.58 bits per heavy atom. The van der Waals surface area contributed by atoms with Crippen LogP contribution in [-0.4, -0.2) is 37.7 Å². The third-order valence-corrected chi connectivity index (χ3v) is 3.18. The lowest BCUT2D eigenvalue weighted by molar-refractivity contribution is -0.137. The fourth-order valence-corrected chi connectivity index (χ4v) is 1.94. The van der Waals surface area contributed by atoms with Crippen LogP contribution < -0.4 is 15.4 Å². The predicted molar refractivity (Wildman–Crippen MR) is 102 cm³/mol. The number of aromatic nitrogens is 1. The van der Waals surface area contributed by atoms with E-state index in [2.05, 4.69) is 20.6 Å². The van der Waals surface area contributed by atoms with Crippen molar-refractivity contribution in [1.82, 2.24) is 15.6 Å². The summed E-state index contributed by atoms with van der Waals surface area (Å²) in [6, 6.07) is 5.85. The van der Waals surface area contributed by atoms with Gasteiger partial charge < -0.3 is 19.8 Å². The monoisotopic (exact) mass is 484 g/mol. The van der Waals surface area contributed by atoms with Crippen molar-refractivity contribution in [2.75, 3.05) is 26.7 Å². The zero-order chi connectivity index (χ0) is 18.1. The van der Waals surface area contributed by atoms with E-state index in [9.17, 15) is 13.2 Å². The van der Waals surface area contributed by atoms with Crippen molar-refractivity contribution in [1.29, 1.82) is 0 Å². The van der Waals surface area contributed by atoms with E-state index in [0.717, 1.165) is 24.4 Å². The molecule has 144 valence electrons. The maximum Gasteiger partial charge on any atom is 0.417 e. The highest BCUT2D eigenvalue weighted by Gasteiger charge is 2.30. The van der Waals surface area contributed by atoms with Gasteiger partial charge in [0, 0.05) is 32.3 Å². The summed E-state index contributed by atoms with van der Waals surface area (Å²) in [5.41, 5.74) is -0.806. The highest BCUT2D eigenvalue weighted by atomic mass is 127. The SMILES string of the molecule is CN=C(NCCOc1ccc(C(F)(F)F)cn1)NCCc1ccco1.I. The number of furan rings is 1. The number of nitrogens with one attached hydrogen (secondary N) is 2. The van der Waals surface area contributed by atoms with Crippen molar-refractivity contribution in [3.8, 4) is 5.88 Å². The van der Waals surface area contributed by atoms with Crippen molar-refractivity contribution < 1.29 is 22.3 Å². The van der Waals surface area contributed by atoms with Crippen LogP contribution in [0.1, 0.15) is 11.3 Å². The van der Waals surface area contributed by atoms with Crippen molar-refractivity contribution in [2.45, 2.75) is 12.6 Å². The summed E-state index contributed by atoms with van der Waals surface area (Å²) < 4.78 is 47.8. The van der Waals surface area contributed by atoms with E-state index in [0.29, 0.717) is 19.0 Å². The fourth-order valence-electron chi connectivity index (χ4n) is 1.94. The van der Waals surface area contributed by atoms with E-state index in [1.54, 1.807) is 13.3 Å². The summed E-state index contributed by atoms with van der Waals surface area (Å²) >= 11 is 0. The topological polar surface area (TPSA) is 71.7 Å². The molecule has 0 aliphatic rings. The molecule has 0 aliphatic carbocycles. The van der Waals surface area contributed by atoms with E-state index in [1.165, 1.54) is 6.07 Å². The molecule has 0 bridgehead atoms. The van der Waals surface area contributed by atoms with E-state index in [-0.39, 0.29) is 36.5 Å². The number of hydrogen-bond donors (Lipinski definition) is 2. The van der Waals surface area contributed by atoms with Crippen molar-refractivity contribution in [3.05, 3.63) is 48.0 Å². The molecule has 2 rings (SSSR count). The molecular formula is C16H20F3IN4O2. The van der Waals surface area contributed by atoms with Crippen LogP contribution in [0.5, 0.6) is 5.88 Å². The Labute approximate surface area is 166 Å². The lowest BCUT2D eigenvalue weighted by Gasteiger charge is -2.12. The summed E-state index contributed by atoms with van der Waals surface area (Å²) in [5.74, 6) is 1.60. The lowest BCUT2D eigenvalue weighted by atomic mass is 10.3. The summed E-state index contributed by atoms with van der Waals surface area (Å²) in [6.45, 7) is 1.30. The molecule has 0 atom stereocenters. The van der Waals surface area contributed by atoms with Crippen LogP contribution in [-0.2, 0) is 12.6 Å². The minimum absolute atomic E-state index is 0. The molecule has 6 nitrogen and oxygen atoms in total. The molecule has 10 heteroatoms. The fraction of sp³-hybridized carbons (Fsp3) is 0.375. The Kier molecular flexibility index (Phi) is 9.24. The number of aliphatic imine (C=N–C) groups is 1. The summed E-state index contributed by atoms with van der Waals surface area (Å²) in [7, 11) is 1.64. The van der Waals surface area contributed by atoms with Crippen LogP contribution in [0.4, 0.5) is 13.2 Å². The molecule has 2 N–H and O–H groups in total. The predicted octanol–water partition coefficient (Wildman–Crippen LogP) is 3.10. The zero-order valence-electron chi connectivity index (χ0n) is 14.0. The summed E-state index contributed by atoms with van der Waals surface area (Å²) in [6.07, 6.45) is -1.31. The Bertz CT molecular complexity index is 661. The Balaban J connectivity index is 0.00000338. The van der Waals surface area contributed by atoms with E-state index in [4.69, 9.17) is 9.15 Å². The number of guanidine groups is 1. The van der Waals surface area contributed by atoms with Gasteiger partial charge in [0.05, 0.1) is 18.4 Å². The molecule has 0 saturated heterocycles. The normalized spacial score (nSPS) is 11.6. The van der Waals surface area contributed by atoms with Gasteiger partial charge in [-0.3, -0.25) is 4.99 Å². The molecule has 0 aliphatic heterocycles. The van der Waals surface area contributed by atoms with Crippen LogP contribution in [0.15, 0.2) is 46.1 Å². The smallest absolute Gasteiger partial charge is 0.417 e. The highest BCUT2D eigenvalue weighted by Crippen LogP contribution is 2.29. The molecule has 0 amide bonds. The minimum Gasteiger partial charge on any atom is -0.476 e. The van der Waals surface area contributed by atoms with Gasteiger partial charge in [-0.1, -0.05) is 0 Å². The second-order valence-corrected chi connectivity index (χ2v) is 4.99. The minimum atomic E-state index is -4.40. The molecule has 0 fully saturated rings. The van der Waals surface area contributed by atoms with Crippen molar-refractivity contribution in [2.24, 2.45) is 4.99 Å². The number of ether oxygens (including phenoxy) is 1. The number of alkyl halides is 3. The first-order valence-corrected chi connectivity index (χ1v) is 7.62. The highest BCUT2D eigenvalue weighted by molar-refractivity contribution is 14.0. The third kappa shape index (κ3) is 7.50. The van der Waals surface area contributed by atoms with Gasteiger partial charge in [0.1, 0.15) is 12.4 Å². The zero-order valence-corrected chi connectivity index (χ0v) is 16.4. The van der Waals surface area contributed by atoms with Gasteiger partial charge in [-0.2, -0.15) is 13.2 Å². The van der Waals surface area contributed by atoms with E-state index < -0.39 is 11.7 Å². The first-order valence-electron chi connectivity index (χ1n) is 7.62. The van der Waals surface area contributed by atoms with Crippen LogP contribution in [0, 0.1) is 0 Å². The van der Waals surface area contributed by atoms with Gasteiger partial charge in [-0.15, -0.1) is 24.0 Å². The van der Waals surface area contributed by atoms with Crippen LogP contribution >= 0.6 is 24.0 Å². The van der Waals surface area contributed by atoms with Gasteiger partial charge in [0.25, 0.3) is 0 Å². The second-order valence-electron chi connectivity index (χ2n) is 4.99. The van der Waals surface area contributed by atoms with Crippen molar-refractivity contribution in [3.63, 3.8) is 0 Å². The summed E-state index contributed by atoms with van der Waals surface area (Å²) in [5, 5.41) is 6.14. The number of rotatable bonds is 7. The largest absolute Gasteiger partial charge is 0.476 e. The van der Waals surface area contributed by atoms with E-state index in [1.807, 2.05) is 12.1 Å². The van der Waals surface area contributed by atoms with Crippen molar-refractivity contribution >= 4 is 29.9 Å². The number of halogens is 4. The van der Waals surface area contributed by atoms with Crippen LogP contribution in [0.2, 0.25) is 0 Å². The Morgan fingerprint density at radius 1 is 1.23 bits per heavy atom. The third-order valence-electron chi connectivity index (χ3n) is 3.18. The van der Waals surface area contributed by atoms with Crippen LogP contribution in [0.3, 0.4) is 0 Å².